The highest BCUT2D eigenvalue weighted by Gasteiger charge is 2.27. The predicted molar refractivity (Wildman–Crippen MR) is 84.1 cm³/mol. The molecule has 1 aliphatic carbocycles. The van der Waals surface area contributed by atoms with Gasteiger partial charge in [-0.2, -0.15) is 4.98 Å². The second-order valence-electron chi connectivity index (χ2n) is 6.61. The summed E-state index contributed by atoms with van der Waals surface area (Å²) in [4.78, 5) is 18.7. The first-order valence-electron chi connectivity index (χ1n) is 8.63. The highest BCUT2D eigenvalue weighted by atomic mass is 16.5. The van der Waals surface area contributed by atoms with E-state index in [2.05, 4.69) is 15.5 Å². The monoisotopic (exact) mass is 322 g/mol. The van der Waals surface area contributed by atoms with Gasteiger partial charge in [0.25, 0.3) is 0 Å². The number of rotatable bonds is 3. The smallest absolute Gasteiger partial charge is 0.318 e. The van der Waals surface area contributed by atoms with E-state index in [4.69, 9.17) is 9.26 Å². The van der Waals surface area contributed by atoms with Gasteiger partial charge >= 0.3 is 6.03 Å². The molecule has 1 saturated carbocycles. The van der Waals surface area contributed by atoms with Crippen molar-refractivity contribution in [2.75, 3.05) is 19.8 Å². The molecule has 2 aliphatic rings. The van der Waals surface area contributed by atoms with E-state index in [1.54, 1.807) is 4.90 Å². The molecular weight excluding hydrogens is 296 g/mol. The van der Waals surface area contributed by atoms with Crippen LogP contribution in [0.2, 0.25) is 0 Å². The Morgan fingerprint density at radius 3 is 2.87 bits per heavy atom. The van der Waals surface area contributed by atoms with Crippen molar-refractivity contribution >= 4 is 6.03 Å². The van der Waals surface area contributed by atoms with Gasteiger partial charge in [0, 0.05) is 12.5 Å². The standard InChI is InChI=1S/C16H26N4O3/c1-11-10-22-9-8-20(11)16(21)17-12(2)15-18-14(19-23-15)13-6-4-3-5-7-13/h11-13H,3-10H2,1-2H3,(H,17,21)/t11-,12+/m1/s1. The number of aromatic nitrogens is 2. The Balaban J connectivity index is 1.58. The fourth-order valence-electron chi connectivity index (χ4n) is 3.31. The zero-order valence-corrected chi connectivity index (χ0v) is 14.0. The summed E-state index contributed by atoms with van der Waals surface area (Å²) in [6, 6.07) is -0.315. The normalized spacial score (nSPS) is 24.4. The van der Waals surface area contributed by atoms with Crippen molar-refractivity contribution in [1.29, 1.82) is 0 Å². The summed E-state index contributed by atoms with van der Waals surface area (Å²) in [5.41, 5.74) is 0. The van der Waals surface area contributed by atoms with E-state index in [1.807, 2.05) is 13.8 Å². The first-order chi connectivity index (χ1) is 11.1. The average Bonchev–Trinajstić information content (AvgIpc) is 3.06. The SMILES string of the molecule is C[C@H](NC(=O)N1CCOC[C@H]1C)c1nc(C2CCCCC2)no1. The van der Waals surface area contributed by atoms with Gasteiger partial charge in [0.15, 0.2) is 5.82 Å². The molecule has 23 heavy (non-hydrogen) atoms. The molecule has 1 saturated heterocycles. The Morgan fingerprint density at radius 2 is 2.13 bits per heavy atom. The number of ether oxygens (including phenoxy) is 1. The van der Waals surface area contributed by atoms with Crippen molar-refractivity contribution in [3.8, 4) is 0 Å². The molecule has 0 bridgehead atoms. The summed E-state index contributed by atoms with van der Waals surface area (Å²) in [5, 5.41) is 7.07. The molecule has 1 aromatic heterocycles. The van der Waals surface area contributed by atoms with E-state index < -0.39 is 0 Å². The third kappa shape index (κ3) is 3.83. The van der Waals surface area contributed by atoms with Crippen LogP contribution < -0.4 is 5.32 Å². The molecule has 0 radical (unpaired) electrons. The summed E-state index contributed by atoms with van der Waals surface area (Å²) in [6.45, 7) is 5.63. The Hall–Kier alpha value is -1.63. The van der Waals surface area contributed by atoms with Crippen LogP contribution in [0.15, 0.2) is 4.52 Å². The lowest BCUT2D eigenvalue weighted by molar-refractivity contribution is 0.0183. The van der Waals surface area contributed by atoms with Crippen molar-refractivity contribution in [3.63, 3.8) is 0 Å². The molecule has 2 atom stereocenters. The number of urea groups is 1. The molecule has 2 amide bonds. The Labute approximate surface area is 136 Å². The number of nitrogens with one attached hydrogen (secondary N) is 1. The highest BCUT2D eigenvalue weighted by molar-refractivity contribution is 5.75. The molecule has 1 aromatic rings. The van der Waals surface area contributed by atoms with E-state index in [0.29, 0.717) is 31.6 Å². The molecule has 0 spiro atoms. The number of hydrogen-bond acceptors (Lipinski definition) is 5. The van der Waals surface area contributed by atoms with Crippen LogP contribution in [0.4, 0.5) is 4.79 Å². The van der Waals surface area contributed by atoms with E-state index in [1.165, 1.54) is 19.3 Å². The van der Waals surface area contributed by atoms with Crippen LogP contribution in [-0.4, -0.2) is 46.9 Å². The quantitative estimate of drug-likeness (QED) is 0.925. The predicted octanol–water partition coefficient (Wildman–Crippen LogP) is 2.61. The van der Waals surface area contributed by atoms with Gasteiger partial charge in [-0.15, -0.1) is 0 Å². The van der Waals surface area contributed by atoms with Crippen LogP contribution in [0.5, 0.6) is 0 Å². The van der Waals surface area contributed by atoms with Gasteiger partial charge in [0.05, 0.1) is 19.3 Å². The van der Waals surface area contributed by atoms with Crippen LogP contribution in [0.1, 0.15) is 69.6 Å². The minimum Gasteiger partial charge on any atom is -0.377 e. The number of carbonyl (C=O) groups is 1. The topological polar surface area (TPSA) is 80.5 Å². The largest absolute Gasteiger partial charge is 0.377 e. The minimum absolute atomic E-state index is 0.0800. The van der Waals surface area contributed by atoms with Gasteiger partial charge in [0.2, 0.25) is 5.89 Å². The lowest BCUT2D eigenvalue weighted by atomic mass is 9.89. The summed E-state index contributed by atoms with van der Waals surface area (Å²) < 4.78 is 10.7. The summed E-state index contributed by atoms with van der Waals surface area (Å²) in [6.07, 6.45) is 6.02. The fourth-order valence-corrected chi connectivity index (χ4v) is 3.31. The molecule has 7 heteroatoms. The third-order valence-corrected chi connectivity index (χ3v) is 4.77. The first kappa shape index (κ1) is 16.2. The van der Waals surface area contributed by atoms with Crippen LogP contribution in [-0.2, 0) is 4.74 Å². The number of carbonyl (C=O) groups excluding carboxylic acids is 1. The number of morpholine rings is 1. The molecule has 0 aromatic carbocycles. The zero-order chi connectivity index (χ0) is 16.2. The van der Waals surface area contributed by atoms with Gasteiger partial charge in [-0.3, -0.25) is 0 Å². The number of hydrogen-bond donors (Lipinski definition) is 1. The molecule has 1 N–H and O–H groups in total. The van der Waals surface area contributed by atoms with Crippen molar-refractivity contribution in [1.82, 2.24) is 20.4 Å². The van der Waals surface area contributed by atoms with Crippen LogP contribution in [0.25, 0.3) is 0 Å². The van der Waals surface area contributed by atoms with Crippen molar-refractivity contribution < 1.29 is 14.1 Å². The van der Waals surface area contributed by atoms with Crippen molar-refractivity contribution in [2.24, 2.45) is 0 Å². The van der Waals surface area contributed by atoms with E-state index >= 15 is 0 Å². The van der Waals surface area contributed by atoms with Crippen LogP contribution in [0.3, 0.4) is 0 Å². The molecule has 7 nitrogen and oxygen atoms in total. The molecule has 2 fully saturated rings. The number of amides is 2. The molecule has 2 heterocycles. The maximum Gasteiger partial charge on any atom is 0.318 e. The maximum absolute atomic E-state index is 12.4. The van der Waals surface area contributed by atoms with Gasteiger partial charge in [-0.1, -0.05) is 24.4 Å². The van der Waals surface area contributed by atoms with Gasteiger partial charge in [-0.05, 0) is 26.7 Å². The fraction of sp³-hybridized carbons (Fsp3) is 0.812. The lowest BCUT2D eigenvalue weighted by Crippen LogP contribution is -2.51. The summed E-state index contributed by atoms with van der Waals surface area (Å²) in [7, 11) is 0. The Bertz CT molecular complexity index is 527. The van der Waals surface area contributed by atoms with Crippen molar-refractivity contribution in [2.45, 2.75) is 64.0 Å². The minimum atomic E-state index is -0.289. The van der Waals surface area contributed by atoms with Gasteiger partial charge < -0.3 is 19.5 Å². The molecular formula is C16H26N4O3. The van der Waals surface area contributed by atoms with Gasteiger partial charge in [0.1, 0.15) is 6.04 Å². The van der Waals surface area contributed by atoms with E-state index in [9.17, 15) is 4.79 Å². The van der Waals surface area contributed by atoms with Crippen LogP contribution >= 0.6 is 0 Å². The number of nitrogens with zero attached hydrogens (tertiary/aromatic N) is 3. The van der Waals surface area contributed by atoms with Crippen LogP contribution in [0, 0.1) is 0 Å². The Morgan fingerprint density at radius 1 is 1.35 bits per heavy atom. The molecule has 3 rings (SSSR count). The first-order valence-corrected chi connectivity index (χ1v) is 8.63. The zero-order valence-electron chi connectivity index (χ0n) is 14.0. The molecule has 1 aliphatic heterocycles. The van der Waals surface area contributed by atoms with E-state index in [-0.39, 0.29) is 18.1 Å². The Kier molecular flexibility index (Phi) is 5.15. The second-order valence-corrected chi connectivity index (χ2v) is 6.61. The van der Waals surface area contributed by atoms with Gasteiger partial charge in [-0.25, -0.2) is 4.79 Å². The average molecular weight is 322 g/mol. The summed E-state index contributed by atoms with van der Waals surface area (Å²) >= 11 is 0. The molecule has 0 unspecified atom stereocenters. The molecule has 128 valence electrons. The van der Waals surface area contributed by atoms with E-state index in [0.717, 1.165) is 18.7 Å². The third-order valence-electron chi connectivity index (χ3n) is 4.77. The highest BCUT2D eigenvalue weighted by Crippen LogP contribution is 2.31. The second kappa shape index (κ2) is 7.29. The summed E-state index contributed by atoms with van der Waals surface area (Å²) in [5.74, 6) is 1.68. The van der Waals surface area contributed by atoms with Crippen molar-refractivity contribution in [3.05, 3.63) is 11.7 Å². The lowest BCUT2D eigenvalue weighted by Gasteiger charge is -2.33. The maximum atomic E-state index is 12.4.